The predicted molar refractivity (Wildman–Crippen MR) is 66.1 cm³/mol. The summed E-state index contributed by atoms with van der Waals surface area (Å²) in [4.78, 5) is 0. The maximum Gasteiger partial charge on any atom is 0.0662 e. The van der Waals surface area contributed by atoms with Gasteiger partial charge in [-0.2, -0.15) is 0 Å². The second kappa shape index (κ2) is 8.17. The number of hydrogen-bond donors (Lipinski definition) is 2. The highest BCUT2D eigenvalue weighted by atomic mass is 79.9. The Morgan fingerprint density at radius 2 is 1.79 bits per heavy atom. The molecular weight excluding hydrogens is 312 g/mol. The Balaban J connectivity index is 0.000000364. The van der Waals surface area contributed by atoms with Gasteiger partial charge in [-0.15, -0.1) is 0 Å². The van der Waals surface area contributed by atoms with E-state index >= 15 is 0 Å². The van der Waals surface area contributed by atoms with Crippen molar-refractivity contribution in [3.63, 3.8) is 0 Å². The van der Waals surface area contributed by atoms with Crippen LogP contribution in [0, 0.1) is 0 Å². The minimum Gasteiger partial charge on any atom is -0.394 e. The summed E-state index contributed by atoms with van der Waals surface area (Å²) in [5, 5.41) is 15.2. The minimum atomic E-state index is -0.125. The highest BCUT2D eigenvalue weighted by molar-refractivity contribution is 9.11. The smallest absolute Gasteiger partial charge is 0.0662 e. The van der Waals surface area contributed by atoms with Gasteiger partial charge in [0.15, 0.2) is 0 Å². The summed E-state index contributed by atoms with van der Waals surface area (Å²) in [6.07, 6.45) is 1.82. The molecule has 0 fully saturated rings. The third kappa shape index (κ3) is 5.54. The van der Waals surface area contributed by atoms with Crippen molar-refractivity contribution in [1.82, 2.24) is 0 Å². The Bertz CT molecular complexity index is 285. The number of hydrogen-bond acceptors (Lipinski definition) is 2. The van der Waals surface area contributed by atoms with Crippen molar-refractivity contribution in [2.24, 2.45) is 0 Å². The third-order valence-electron chi connectivity index (χ3n) is 1.28. The second-order valence-corrected chi connectivity index (χ2v) is 4.09. The molecule has 1 rings (SSSR count). The van der Waals surface area contributed by atoms with Crippen LogP contribution in [0.1, 0.15) is 5.56 Å². The zero-order chi connectivity index (χ0) is 11.0. The number of halogens is 2. The Hall–Kier alpha value is -0.160. The van der Waals surface area contributed by atoms with E-state index < -0.39 is 0 Å². The van der Waals surface area contributed by atoms with Gasteiger partial charge in [0.1, 0.15) is 0 Å². The van der Waals surface area contributed by atoms with E-state index in [0.717, 1.165) is 14.5 Å². The van der Waals surface area contributed by atoms with E-state index in [9.17, 15) is 0 Å². The maximum atomic E-state index is 7.62. The molecule has 2 nitrogen and oxygen atoms in total. The first-order valence-corrected chi connectivity index (χ1v) is 5.53. The molecule has 2 N–H and O–H groups in total. The molecule has 1 aromatic rings. The molecule has 0 unspecified atom stereocenters. The van der Waals surface area contributed by atoms with Gasteiger partial charge >= 0.3 is 0 Å². The second-order valence-electron chi connectivity index (χ2n) is 2.32. The van der Waals surface area contributed by atoms with Crippen molar-refractivity contribution in [2.75, 3.05) is 13.2 Å². The lowest BCUT2D eigenvalue weighted by Gasteiger charge is -1.96. The molecule has 1 aromatic carbocycles. The largest absolute Gasteiger partial charge is 0.394 e. The van der Waals surface area contributed by atoms with Crippen molar-refractivity contribution >= 4 is 37.9 Å². The van der Waals surface area contributed by atoms with Gasteiger partial charge in [-0.1, -0.05) is 50.6 Å². The lowest BCUT2D eigenvalue weighted by molar-refractivity contribution is 0.186. The van der Waals surface area contributed by atoms with Gasteiger partial charge in [0.05, 0.1) is 13.2 Å². The van der Waals surface area contributed by atoms with Crippen LogP contribution in [0.4, 0.5) is 0 Å². The molecule has 0 aromatic heterocycles. The molecule has 0 saturated carbocycles. The summed E-state index contributed by atoms with van der Waals surface area (Å²) in [6, 6.07) is 5.99. The number of rotatable bonds is 2. The molecule has 0 spiro atoms. The molecule has 0 amide bonds. The van der Waals surface area contributed by atoms with Gasteiger partial charge in [-0.05, 0) is 17.7 Å². The van der Waals surface area contributed by atoms with Gasteiger partial charge in [-0.25, -0.2) is 0 Å². The fraction of sp³-hybridized carbons (Fsp3) is 0.200. The molecule has 0 aliphatic rings. The first-order valence-electron chi connectivity index (χ1n) is 3.95. The standard InChI is InChI=1S/C8H6Br2.C2H6O2/c1-2-6-3-4-7(9)5-8(6)10;3-1-2-4/h2-5H,1H2;3-4H,1-2H2. The first kappa shape index (κ1) is 13.8. The van der Waals surface area contributed by atoms with Crippen molar-refractivity contribution in [3.05, 3.63) is 39.3 Å². The predicted octanol–water partition coefficient (Wildman–Crippen LogP) is 2.83. The lowest BCUT2D eigenvalue weighted by Crippen LogP contribution is -1.85. The summed E-state index contributed by atoms with van der Waals surface area (Å²) in [5.41, 5.74) is 1.11. The van der Waals surface area contributed by atoms with Gasteiger partial charge in [0.25, 0.3) is 0 Å². The van der Waals surface area contributed by atoms with Crippen molar-refractivity contribution in [2.45, 2.75) is 0 Å². The SMILES string of the molecule is C=Cc1ccc(Br)cc1Br.OCCO. The van der Waals surface area contributed by atoms with E-state index in [1.165, 1.54) is 0 Å². The molecular formula is C10H12Br2O2. The van der Waals surface area contributed by atoms with E-state index in [4.69, 9.17) is 10.2 Å². The van der Waals surface area contributed by atoms with Crippen molar-refractivity contribution < 1.29 is 10.2 Å². The summed E-state index contributed by atoms with van der Waals surface area (Å²) >= 11 is 6.77. The highest BCUT2D eigenvalue weighted by Gasteiger charge is 1.94. The first-order chi connectivity index (χ1) is 6.65. The maximum absolute atomic E-state index is 7.62. The van der Waals surface area contributed by atoms with Crippen LogP contribution in [0.5, 0.6) is 0 Å². The van der Waals surface area contributed by atoms with E-state index in [1.54, 1.807) is 0 Å². The van der Waals surface area contributed by atoms with Crippen LogP contribution in [-0.4, -0.2) is 23.4 Å². The topological polar surface area (TPSA) is 40.5 Å². The monoisotopic (exact) mass is 322 g/mol. The van der Waals surface area contributed by atoms with Gasteiger partial charge in [0.2, 0.25) is 0 Å². The van der Waals surface area contributed by atoms with Crippen LogP contribution in [0.2, 0.25) is 0 Å². The summed E-state index contributed by atoms with van der Waals surface area (Å²) < 4.78 is 2.14. The molecule has 0 saturated heterocycles. The Labute approximate surface area is 101 Å². The quantitative estimate of drug-likeness (QED) is 0.878. The van der Waals surface area contributed by atoms with Crippen LogP contribution in [0.3, 0.4) is 0 Å². The molecule has 0 aliphatic carbocycles. The van der Waals surface area contributed by atoms with Crippen LogP contribution in [0.25, 0.3) is 6.08 Å². The van der Waals surface area contributed by atoms with Crippen LogP contribution in [-0.2, 0) is 0 Å². The molecule has 14 heavy (non-hydrogen) atoms. The fourth-order valence-corrected chi connectivity index (χ4v) is 1.88. The molecule has 0 heterocycles. The Morgan fingerprint density at radius 1 is 1.21 bits per heavy atom. The number of aliphatic hydroxyl groups is 2. The van der Waals surface area contributed by atoms with Crippen molar-refractivity contribution in [3.8, 4) is 0 Å². The normalized spacial score (nSPS) is 8.86. The van der Waals surface area contributed by atoms with Gasteiger partial charge < -0.3 is 10.2 Å². The molecule has 0 radical (unpaired) electrons. The molecule has 0 bridgehead atoms. The van der Waals surface area contributed by atoms with E-state index in [1.807, 2.05) is 24.3 Å². The van der Waals surface area contributed by atoms with Crippen LogP contribution in [0.15, 0.2) is 33.7 Å². The molecule has 0 aliphatic heterocycles. The zero-order valence-electron chi connectivity index (χ0n) is 7.58. The Morgan fingerprint density at radius 3 is 2.14 bits per heavy atom. The summed E-state index contributed by atoms with van der Waals surface area (Å²) in [5.74, 6) is 0. The van der Waals surface area contributed by atoms with Crippen molar-refractivity contribution in [1.29, 1.82) is 0 Å². The fourth-order valence-electron chi connectivity index (χ4n) is 0.667. The highest BCUT2D eigenvalue weighted by Crippen LogP contribution is 2.22. The molecule has 0 atom stereocenters. The van der Waals surface area contributed by atoms with Gasteiger partial charge in [0, 0.05) is 8.95 Å². The van der Waals surface area contributed by atoms with Crippen LogP contribution >= 0.6 is 31.9 Å². The third-order valence-corrected chi connectivity index (χ3v) is 2.46. The lowest BCUT2D eigenvalue weighted by atomic mass is 10.2. The summed E-state index contributed by atoms with van der Waals surface area (Å²) in [7, 11) is 0. The molecule has 4 heteroatoms. The minimum absolute atomic E-state index is 0.125. The van der Waals surface area contributed by atoms with Crippen LogP contribution < -0.4 is 0 Å². The average Bonchev–Trinajstić information content (AvgIpc) is 2.18. The molecule has 78 valence electrons. The Kier molecular flexibility index (Phi) is 8.08. The van der Waals surface area contributed by atoms with E-state index in [2.05, 4.69) is 38.4 Å². The number of aliphatic hydroxyl groups excluding tert-OH is 2. The van der Waals surface area contributed by atoms with Gasteiger partial charge in [-0.3, -0.25) is 0 Å². The average molecular weight is 324 g/mol. The zero-order valence-corrected chi connectivity index (χ0v) is 10.8. The summed E-state index contributed by atoms with van der Waals surface area (Å²) in [6.45, 7) is 3.43. The number of benzene rings is 1. The van der Waals surface area contributed by atoms with E-state index in [0.29, 0.717) is 0 Å². The van der Waals surface area contributed by atoms with E-state index in [-0.39, 0.29) is 13.2 Å².